The van der Waals surface area contributed by atoms with Crippen LogP contribution in [0.1, 0.15) is 18.0 Å². The number of hydrogen-bond donors (Lipinski definition) is 1. The first-order chi connectivity index (χ1) is 5.74. The molecule has 0 saturated carbocycles. The van der Waals surface area contributed by atoms with E-state index in [1.54, 1.807) is 12.1 Å². The summed E-state index contributed by atoms with van der Waals surface area (Å²) in [7, 11) is 0. The SMILES string of the molecule is Cl.N[C@@H](CCF)c1cccc(F)c1. The van der Waals surface area contributed by atoms with E-state index in [0.717, 1.165) is 0 Å². The predicted octanol–water partition coefficient (Wildman–Crippen LogP) is 2.61. The molecule has 2 N–H and O–H groups in total. The molecule has 1 aromatic carbocycles. The Balaban J connectivity index is 0.00000144. The van der Waals surface area contributed by atoms with E-state index in [4.69, 9.17) is 5.73 Å². The highest BCUT2D eigenvalue weighted by Crippen LogP contribution is 2.14. The van der Waals surface area contributed by atoms with Gasteiger partial charge in [-0.2, -0.15) is 0 Å². The molecule has 1 rings (SSSR count). The Morgan fingerprint density at radius 3 is 2.62 bits per heavy atom. The van der Waals surface area contributed by atoms with E-state index in [9.17, 15) is 8.78 Å². The van der Waals surface area contributed by atoms with E-state index in [-0.39, 0.29) is 24.6 Å². The van der Waals surface area contributed by atoms with Gasteiger partial charge < -0.3 is 5.73 Å². The van der Waals surface area contributed by atoms with Crippen molar-refractivity contribution in [2.45, 2.75) is 12.5 Å². The van der Waals surface area contributed by atoms with Gasteiger partial charge in [0.15, 0.2) is 0 Å². The zero-order valence-electron chi connectivity index (χ0n) is 7.04. The molecule has 0 aliphatic rings. The monoisotopic (exact) mass is 207 g/mol. The summed E-state index contributed by atoms with van der Waals surface area (Å²) in [5.74, 6) is -0.332. The number of alkyl halides is 1. The average Bonchev–Trinajstić information content (AvgIpc) is 2.05. The lowest BCUT2D eigenvalue weighted by Gasteiger charge is -2.08. The topological polar surface area (TPSA) is 26.0 Å². The molecule has 0 aromatic heterocycles. The number of nitrogens with two attached hydrogens (primary N) is 1. The normalized spacial score (nSPS) is 11.9. The maximum absolute atomic E-state index is 12.6. The molecule has 13 heavy (non-hydrogen) atoms. The van der Waals surface area contributed by atoms with E-state index in [2.05, 4.69) is 0 Å². The molecule has 74 valence electrons. The number of halogens is 3. The van der Waals surface area contributed by atoms with Crippen LogP contribution >= 0.6 is 12.4 Å². The van der Waals surface area contributed by atoms with Crippen LogP contribution in [0.3, 0.4) is 0 Å². The first kappa shape index (κ1) is 12.3. The van der Waals surface area contributed by atoms with Gasteiger partial charge in [-0.05, 0) is 24.1 Å². The van der Waals surface area contributed by atoms with Gasteiger partial charge in [0.2, 0.25) is 0 Å². The minimum absolute atomic E-state index is 0. The smallest absolute Gasteiger partial charge is 0.123 e. The maximum Gasteiger partial charge on any atom is 0.123 e. The summed E-state index contributed by atoms with van der Waals surface area (Å²) >= 11 is 0. The van der Waals surface area contributed by atoms with Crippen LogP contribution in [-0.2, 0) is 0 Å². The fourth-order valence-electron chi connectivity index (χ4n) is 1.02. The van der Waals surface area contributed by atoms with Crippen molar-refractivity contribution in [1.82, 2.24) is 0 Å². The van der Waals surface area contributed by atoms with Crippen molar-refractivity contribution < 1.29 is 8.78 Å². The zero-order chi connectivity index (χ0) is 8.97. The molecule has 0 radical (unpaired) electrons. The lowest BCUT2D eigenvalue weighted by molar-refractivity contribution is 0.441. The van der Waals surface area contributed by atoms with Gasteiger partial charge in [0, 0.05) is 6.04 Å². The summed E-state index contributed by atoms with van der Waals surface area (Å²) < 4.78 is 24.5. The van der Waals surface area contributed by atoms with Crippen molar-refractivity contribution in [2.75, 3.05) is 6.67 Å². The third-order valence-corrected chi connectivity index (χ3v) is 1.70. The van der Waals surface area contributed by atoms with E-state index < -0.39 is 12.7 Å². The Hall–Kier alpha value is -0.670. The largest absolute Gasteiger partial charge is 0.324 e. The Morgan fingerprint density at radius 2 is 2.08 bits per heavy atom. The van der Waals surface area contributed by atoms with E-state index in [1.165, 1.54) is 12.1 Å². The fourth-order valence-corrected chi connectivity index (χ4v) is 1.02. The summed E-state index contributed by atoms with van der Waals surface area (Å²) in [6.45, 7) is -0.475. The summed E-state index contributed by atoms with van der Waals surface area (Å²) in [4.78, 5) is 0. The van der Waals surface area contributed by atoms with Crippen LogP contribution in [0, 0.1) is 5.82 Å². The Kier molecular flexibility index (Phi) is 5.58. The summed E-state index contributed by atoms with van der Waals surface area (Å²) in [5, 5.41) is 0. The van der Waals surface area contributed by atoms with Crippen LogP contribution in [0.25, 0.3) is 0 Å². The molecular formula is C9H12ClF2N. The summed E-state index contributed by atoms with van der Waals surface area (Å²) in [6.07, 6.45) is 0.240. The molecule has 1 atom stereocenters. The van der Waals surface area contributed by atoms with Crippen molar-refractivity contribution in [1.29, 1.82) is 0 Å². The van der Waals surface area contributed by atoms with Gasteiger partial charge >= 0.3 is 0 Å². The van der Waals surface area contributed by atoms with Crippen LogP contribution in [0.15, 0.2) is 24.3 Å². The first-order valence-corrected chi connectivity index (χ1v) is 3.81. The van der Waals surface area contributed by atoms with Crippen molar-refractivity contribution in [2.24, 2.45) is 5.73 Å². The average molecular weight is 208 g/mol. The maximum atomic E-state index is 12.6. The van der Waals surface area contributed by atoms with Crippen LogP contribution in [-0.4, -0.2) is 6.67 Å². The molecule has 1 nitrogen and oxygen atoms in total. The van der Waals surface area contributed by atoms with Crippen molar-refractivity contribution in [3.63, 3.8) is 0 Å². The number of rotatable bonds is 3. The van der Waals surface area contributed by atoms with Crippen molar-refractivity contribution in [3.8, 4) is 0 Å². The van der Waals surface area contributed by atoms with Gasteiger partial charge in [-0.1, -0.05) is 12.1 Å². The van der Waals surface area contributed by atoms with Gasteiger partial charge in [0.1, 0.15) is 5.82 Å². The first-order valence-electron chi connectivity index (χ1n) is 3.81. The van der Waals surface area contributed by atoms with Crippen LogP contribution in [0.2, 0.25) is 0 Å². The minimum Gasteiger partial charge on any atom is -0.324 e. The van der Waals surface area contributed by atoms with Crippen molar-refractivity contribution in [3.05, 3.63) is 35.6 Å². The van der Waals surface area contributed by atoms with Gasteiger partial charge in [-0.15, -0.1) is 12.4 Å². The molecule has 0 fully saturated rings. The molecular weight excluding hydrogens is 196 g/mol. The second-order valence-electron chi connectivity index (χ2n) is 2.64. The molecule has 0 spiro atoms. The number of benzene rings is 1. The highest BCUT2D eigenvalue weighted by molar-refractivity contribution is 5.85. The highest BCUT2D eigenvalue weighted by atomic mass is 35.5. The summed E-state index contributed by atoms with van der Waals surface area (Å²) in [6, 6.07) is 5.55. The third-order valence-electron chi connectivity index (χ3n) is 1.70. The quantitative estimate of drug-likeness (QED) is 0.810. The second-order valence-corrected chi connectivity index (χ2v) is 2.64. The van der Waals surface area contributed by atoms with E-state index in [1.807, 2.05) is 0 Å². The Morgan fingerprint density at radius 1 is 1.38 bits per heavy atom. The minimum atomic E-state index is -0.475. The molecule has 0 unspecified atom stereocenters. The van der Waals surface area contributed by atoms with Gasteiger partial charge in [-0.3, -0.25) is 4.39 Å². The zero-order valence-corrected chi connectivity index (χ0v) is 7.86. The molecule has 0 amide bonds. The van der Waals surface area contributed by atoms with E-state index >= 15 is 0 Å². The van der Waals surface area contributed by atoms with Gasteiger partial charge in [-0.25, -0.2) is 4.39 Å². The Bertz CT molecular complexity index is 255. The lowest BCUT2D eigenvalue weighted by Crippen LogP contribution is -2.10. The molecule has 0 heterocycles. The van der Waals surface area contributed by atoms with Crippen LogP contribution in [0.5, 0.6) is 0 Å². The standard InChI is InChI=1S/C9H11F2N.ClH/c10-5-4-9(12)7-2-1-3-8(11)6-7;/h1-3,6,9H,4-5,12H2;1H/t9-;/m0./s1. The third kappa shape index (κ3) is 3.70. The van der Waals surface area contributed by atoms with Crippen LogP contribution < -0.4 is 5.73 Å². The molecule has 0 aliphatic carbocycles. The molecule has 0 bridgehead atoms. The fraction of sp³-hybridized carbons (Fsp3) is 0.333. The Labute approximate surface area is 82.4 Å². The van der Waals surface area contributed by atoms with Gasteiger partial charge in [0.05, 0.1) is 6.67 Å². The molecule has 0 aliphatic heterocycles. The van der Waals surface area contributed by atoms with Crippen LogP contribution in [0.4, 0.5) is 8.78 Å². The lowest BCUT2D eigenvalue weighted by atomic mass is 10.1. The molecule has 0 saturated heterocycles. The molecule has 4 heteroatoms. The van der Waals surface area contributed by atoms with E-state index in [0.29, 0.717) is 5.56 Å². The second kappa shape index (κ2) is 5.89. The van der Waals surface area contributed by atoms with Gasteiger partial charge in [0.25, 0.3) is 0 Å². The van der Waals surface area contributed by atoms with Crippen molar-refractivity contribution >= 4 is 12.4 Å². The number of hydrogen-bond acceptors (Lipinski definition) is 1. The summed E-state index contributed by atoms with van der Waals surface area (Å²) in [5.41, 5.74) is 6.21. The predicted molar refractivity (Wildman–Crippen MR) is 51.2 cm³/mol. The molecule has 1 aromatic rings. The highest BCUT2D eigenvalue weighted by Gasteiger charge is 2.05.